The molecule has 2 aromatic carbocycles. The van der Waals surface area contributed by atoms with E-state index in [1.807, 2.05) is 26.0 Å². The maximum atomic E-state index is 13.7. The van der Waals surface area contributed by atoms with Crippen LogP contribution < -0.4 is 0 Å². The molecule has 0 spiro atoms. The van der Waals surface area contributed by atoms with Gasteiger partial charge in [-0.3, -0.25) is 0 Å². The lowest BCUT2D eigenvalue weighted by Crippen LogP contribution is -2.42. The van der Waals surface area contributed by atoms with Crippen molar-refractivity contribution in [2.75, 3.05) is 26.2 Å². The number of hydrogen-bond acceptors (Lipinski definition) is 4. The van der Waals surface area contributed by atoms with E-state index in [0.29, 0.717) is 48.8 Å². The van der Waals surface area contributed by atoms with Gasteiger partial charge >= 0.3 is 0 Å². The summed E-state index contributed by atoms with van der Waals surface area (Å²) in [5.41, 5.74) is 2.57. The highest BCUT2D eigenvalue weighted by Crippen LogP contribution is 2.40. The highest BCUT2D eigenvalue weighted by molar-refractivity contribution is 7.89. The van der Waals surface area contributed by atoms with Crippen LogP contribution in [0, 0.1) is 42.8 Å². The van der Waals surface area contributed by atoms with Crippen LogP contribution in [0.5, 0.6) is 0 Å². The van der Waals surface area contributed by atoms with Gasteiger partial charge in [-0.05, 0) is 104 Å². The van der Waals surface area contributed by atoms with Crippen LogP contribution in [0.4, 0.5) is 4.39 Å². The van der Waals surface area contributed by atoms with Crippen molar-refractivity contribution < 1.29 is 21.2 Å². The minimum absolute atomic E-state index is 0.00417. The number of rotatable bonds is 8. The first-order valence-electron chi connectivity index (χ1n) is 14.5. The van der Waals surface area contributed by atoms with Crippen LogP contribution in [0.1, 0.15) is 70.1 Å². The SMILES string of the molecule is Cc1cc(CC(C)(C)C2CCN(S(=O)(=O)c3cccc(F)c3)CC2)cc(C)c1S(=O)(=O)N1CCC(C(C)C)CC1. The zero-order valence-corrected chi connectivity index (χ0v) is 26.4. The number of halogens is 1. The Morgan fingerprint density at radius 2 is 1.38 bits per heavy atom. The third kappa shape index (κ3) is 6.48. The fourth-order valence-electron chi connectivity index (χ4n) is 6.79. The number of sulfonamides is 2. The summed E-state index contributed by atoms with van der Waals surface area (Å²) in [5, 5.41) is 0. The van der Waals surface area contributed by atoms with Gasteiger partial charge in [0.2, 0.25) is 20.0 Å². The fraction of sp³-hybridized carbons (Fsp3) is 0.613. The van der Waals surface area contributed by atoms with Gasteiger partial charge in [0.25, 0.3) is 0 Å². The molecule has 40 heavy (non-hydrogen) atoms. The lowest BCUT2D eigenvalue weighted by molar-refractivity contribution is 0.136. The molecule has 2 aromatic rings. The Bertz CT molecular complexity index is 1400. The van der Waals surface area contributed by atoms with Gasteiger partial charge in [0.05, 0.1) is 9.79 Å². The van der Waals surface area contributed by atoms with Gasteiger partial charge in [0.15, 0.2) is 0 Å². The Morgan fingerprint density at radius 1 is 0.850 bits per heavy atom. The first-order valence-corrected chi connectivity index (χ1v) is 17.4. The summed E-state index contributed by atoms with van der Waals surface area (Å²) in [6.07, 6.45) is 4.03. The molecule has 0 radical (unpaired) electrons. The number of piperidine rings is 2. The number of aryl methyl sites for hydroxylation is 2. The molecule has 2 fully saturated rings. The molecule has 2 saturated heterocycles. The van der Waals surface area contributed by atoms with Crippen molar-refractivity contribution in [1.29, 1.82) is 0 Å². The summed E-state index contributed by atoms with van der Waals surface area (Å²) < 4.78 is 70.1. The van der Waals surface area contributed by atoms with Crippen molar-refractivity contribution in [3.63, 3.8) is 0 Å². The van der Waals surface area contributed by atoms with Crippen LogP contribution in [-0.4, -0.2) is 51.6 Å². The molecule has 0 unspecified atom stereocenters. The minimum atomic E-state index is -3.73. The Morgan fingerprint density at radius 3 is 1.90 bits per heavy atom. The zero-order chi connectivity index (χ0) is 29.5. The van der Waals surface area contributed by atoms with E-state index in [2.05, 4.69) is 27.7 Å². The van der Waals surface area contributed by atoms with Gasteiger partial charge in [-0.2, -0.15) is 8.61 Å². The number of benzene rings is 2. The van der Waals surface area contributed by atoms with Gasteiger partial charge in [0.1, 0.15) is 5.82 Å². The summed E-state index contributed by atoms with van der Waals surface area (Å²) in [5.74, 6) is 0.891. The van der Waals surface area contributed by atoms with Crippen molar-refractivity contribution in [2.24, 2.45) is 23.2 Å². The molecule has 222 valence electrons. The molecule has 2 aliphatic rings. The topological polar surface area (TPSA) is 74.8 Å². The predicted octanol–water partition coefficient (Wildman–Crippen LogP) is 6.17. The fourth-order valence-corrected chi connectivity index (χ4v) is 10.2. The van der Waals surface area contributed by atoms with Crippen LogP contribution in [0.3, 0.4) is 0 Å². The summed E-state index contributed by atoms with van der Waals surface area (Å²) in [7, 11) is -7.28. The quantitative estimate of drug-likeness (QED) is 0.368. The average Bonchev–Trinajstić information content (AvgIpc) is 2.88. The number of nitrogens with zero attached hydrogens (tertiary/aromatic N) is 2. The van der Waals surface area contributed by atoms with E-state index < -0.39 is 25.9 Å². The smallest absolute Gasteiger partial charge is 0.207 e. The highest BCUT2D eigenvalue weighted by atomic mass is 32.2. The first kappa shape index (κ1) is 31.1. The maximum absolute atomic E-state index is 13.7. The Labute approximate surface area is 241 Å². The third-order valence-corrected chi connectivity index (χ3v) is 13.3. The van der Waals surface area contributed by atoms with Gasteiger partial charge in [-0.25, -0.2) is 21.2 Å². The molecule has 0 aliphatic carbocycles. The zero-order valence-electron chi connectivity index (χ0n) is 24.8. The summed E-state index contributed by atoms with van der Waals surface area (Å²) >= 11 is 0. The standard InChI is InChI=1S/C31H45FN2O4S2/c1-22(2)26-10-14-34(15-11-26)40(37,38)30-23(3)18-25(19-24(30)4)21-31(5,6)27-12-16-33(17-13-27)39(35,36)29-9-7-8-28(32)20-29/h7-9,18-20,22,26-27H,10-17,21H2,1-6H3. The molecule has 0 saturated carbocycles. The summed E-state index contributed by atoms with van der Waals surface area (Å²) in [6.45, 7) is 14.6. The van der Waals surface area contributed by atoms with Crippen molar-refractivity contribution >= 4 is 20.0 Å². The molecule has 0 bridgehead atoms. The van der Waals surface area contributed by atoms with Crippen LogP contribution in [0.15, 0.2) is 46.2 Å². The largest absolute Gasteiger partial charge is 0.243 e. The highest BCUT2D eigenvalue weighted by Gasteiger charge is 2.37. The summed E-state index contributed by atoms with van der Waals surface area (Å²) in [6, 6.07) is 9.23. The Kier molecular flexibility index (Phi) is 9.20. The molecule has 0 atom stereocenters. The molecule has 2 aliphatic heterocycles. The van der Waals surface area contributed by atoms with Crippen molar-refractivity contribution in [2.45, 2.75) is 83.4 Å². The predicted molar refractivity (Wildman–Crippen MR) is 158 cm³/mol. The molecule has 0 amide bonds. The van der Waals surface area contributed by atoms with Crippen molar-refractivity contribution in [3.8, 4) is 0 Å². The normalized spacial score (nSPS) is 19.4. The summed E-state index contributed by atoms with van der Waals surface area (Å²) in [4.78, 5) is 0.434. The first-order chi connectivity index (χ1) is 18.6. The van der Waals surface area contributed by atoms with Gasteiger partial charge in [-0.1, -0.05) is 45.9 Å². The third-order valence-electron chi connectivity index (χ3n) is 9.21. The van der Waals surface area contributed by atoms with Gasteiger partial charge in [0, 0.05) is 26.2 Å². The van der Waals surface area contributed by atoms with E-state index in [4.69, 9.17) is 0 Å². The molecular weight excluding hydrogens is 547 g/mol. The number of hydrogen-bond donors (Lipinski definition) is 0. The monoisotopic (exact) mass is 592 g/mol. The average molecular weight is 593 g/mol. The van der Waals surface area contributed by atoms with E-state index in [9.17, 15) is 21.2 Å². The molecule has 4 rings (SSSR count). The minimum Gasteiger partial charge on any atom is -0.207 e. The molecule has 0 aromatic heterocycles. The molecular formula is C31H45FN2O4S2. The Balaban J connectivity index is 1.44. The lowest BCUT2D eigenvalue weighted by atomic mass is 9.70. The van der Waals surface area contributed by atoms with E-state index in [0.717, 1.165) is 54.9 Å². The van der Waals surface area contributed by atoms with E-state index in [-0.39, 0.29) is 10.3 Å². The van der Waals surface area contributed by atoms with E-state index in [1.165, 1.54) is 22.5 Å². The second-order valence-corrected chi connectivity index (χ2v) is 16.7. The van der Waals surface area contributed by atoms with Crippen LogP contribution in [-0.2, 0) is 26.5 Å². The maximum Gasteiger partial charge on any atom is 0.243 e. The van der Waals surface area contributed by atoms with Crippen molar-refractivity contribution in [3.05, 3.63) is 58.9 Å². The molecule has 9 heteroatoms. The van der Waals surface area contributed by atoms with Gasteiger partial charge < -0.3 is 0 Å². The van der Waals surface area contributed by atoms with Crippen LogP contribution in [0.2, 0.25) is 0 Å². The Hall–Kier alpha value is -1.81. The van der Waals surface area contributed by atoms with E-state index in [1.54, 1.807) is 4.31 Å². The van der Waals surface area contributed by atoms with Crippen molar-refractivity contribution in [1.82, 2.24) is 8.61 Å². The lowest BCUT2D eigenvalue weighted by Gasteiger charge is -2.40. The molecule has 0 N–H and O–H groups in total. The van der Waals surface area contributed by atoms with E-state index >= 15 is 0 Å². The van der Waals surface area contributed by atoms with Gasteiger partial charge in [-0.15, -0.1) is 0 Å². The second kappa shape index (κ2) is 11.8. The van der Waals surface area contributed by atoms with Crippen LogP contribution in [0.25, 0.3) is 0 Å². The molecule has 2 heterocycles. The van der Waals surface area contributed by atoms with Crippen LogP contribution >= 0.6 is 0 Å². The second-order valence-electron chi connectivity index (χ2n) is 12.8. The molecule has 6 nitrogen and oxygen atoms in total.